The molecular formula is C30H35N5O6S2. The highest BCUT2D eigenvalue weighted by atomic mass is 32.2. The Morgan fingerprint density at radius 3 is 2.40 bits per heavy atom. The van der Waals surface area contributed by atoms with Gasteiger partial charge in [-0.15, -0.1) is 11.8 Å². The first-order chi connectivity index (χ1) is 20.5. The van der Waals surface area contributed by atoms with Crippen molar-refractivity contribution in [1.82, 2.24) is 14.6 Å². The molecule has 2 amide bonds. The average Bonchev–Trinajstić information content (AvgIpc) is 3.32. The van der Waals surface area contributed by atoms with Crippen LogP contribution in [0.2, 0.25) is 0 Å². The predicted molar refractivity (Wildman–Crippen MR) is 166 cm³/mol. The predicted octanol–water partition coefficient (Wildman–Crippen LogP) is 3.57. The minimum absolute atomic E-state index is 0.0276. The quantitative estimate of drug-likeness (QED) is 0.209. The number of carbonyl (C=O) groups excluding carboxylic acids is 2. The van der Waals surface area contributed by atoms with Gasteiger partial charge in [0, 0.05) is 36.0 Å². The standard InChI is InChI=1S/C30H35N5O6S2/c1-30(2)27(35(20-42-30)43(40,41)23-9-4-3-5-10-23)28(37)34-24(29(38)39)19-21-13-15-22(16-14-21)33-26(36)12-8-18-32-25-11-6-7-17-31-25/h3-7,9-11,13-17,24,27H,8,12,18-20H2,1-2H3,(H,31,32)(H,33,36)(H,34,37)(H,38,39)/t24-,27+/m0/s1. The second-order valence-corrected chi connectivity index (χ2v) is 14.1. The van der Waals surface area contributed by atoms with E-state index in [1.165, 1.54) is 23.9 Å². The molecule has 2 atom stereocenters. The minimum atomic E-state index is -3.99. The van der Waals surface area contributed by atoms with Gasteiger partial charge in [-0.3, -0.25) is 9.59 Å². The lowest BCUT2D eigenvalue weighted by Crippen LogP contribution is -2.56. The number of pyridine rings is 1. The topological polar surface area (TPSA) is 158 Å². The summed E-state index contributed by atoms with van der Waals surface area (Å²) in [6.07, 6.45) is 2.58. The summed E-state index contributed by atoms with van der Waals surface area (Å²) >= 11 is 1.31. The number of benzene rings is 2. The molecule has 228 valence electrons. The maximum absolute atomic E-state index is 13.5. The number of amides is 2. The smallest absolute Gasteiger partial charge is 0.326 e. The van der Waals surface area contributed by atoms with Crippen LogP contribution in [-0.2, 0) is 30.8 Å². The Kier molecular flexibility index (Phi) is 10.4. The van der Waals surface area contributed by atoms with Gasteiger partial charge in [-0.2, -0.15) is 4.31 Å². The van der Waals surface area contributed by atoms with Crippen molar-refractivity contribution in [1.29, 1.82) is 0 Å². The molecule has 3 aromatic rings. The number of thioether (sulfide) groups is 1. The number of rotatable bonds is 13. The highest BCUT2D eigenvalue weighted by Gasteiger charge is 2.51. The van der Waals surface area contributed by atoms with E-state index < -0.39 is 38.7 Å². The van der Waals surface area contributed by atoms with E-state index >= 15 is 0 Å². The number of nitrogens with one attached hydrogen (secondary N) is 3. The summed E-state index contributed by atoms with van der Waals surface area (Å²) in [6, 6.07) is 17.7. The minimum Gasteiger partial charge on any atom is -0.480 e. The first-order valence-electron chi connectivity index (χ1n) is 13.7. The van der Waals surface area contributed by atoms with Crippen molar-refractivity contribution in [2.45, 2.75) is 54.8 Å². The van der Waals surface area contributed by atoms with E-state index in [0.29, 0.717) is 30.6 Å². The van der Waals surface area contributed by atoms with Crippen molar-refractivity contribution in [2.24, 2.45) is 0 Å². The number of carboxylic acids is 1. The number of hydrogen-bond acceptors (Lipinski definition) is 8. The number of nitrogens with zero attached hydrogens (tertiary/aromatic N) is 2. The zero-order valence-electron chi connectivity index (χ0n) is 23.9. The summed E-state index contributed by atoms with van der Waals surface area (Å²) in [6.45, 7) is 4.13. The molecule has 0 radical (unpaired) electrons. The largest absolute Gasteiger partial charge is 0.480 e. The van der Waals surface area contributed by atoms with Gasteiger partial charge in [-0.25, -0.2) is 18.2 Å². The maximum atomic E-state index is 13.5. The number of carboxylic acid groups (broad SMARTS) is 1. The Balaban J connectivity index is 1.34. The zero-order chi connectivity index (χ0) is 31.0. The summed E-state index contributed by atoms with van der Waals surface area (Å²) < 4.78 is 27.1. The number of carbonyl (C=O) groups is 3. The number of aromatic nitrogens is 1. The summed E-state index contributed by atoms with van der Waals surface area (Å²) in [5, 5.41) is 18.4. The SMILES string of the molecule is CC1(C)SCN(S(=O)(=O)c2ccccc2)[C@@H]1C(=O)N[C@@H](Cc1ccc(NC(=O)CCCNc2ccccn2)cc1)C(=O)O. The zero-order valence-corrected chi connectivity index (χ0v) is 25.5. The monoisotopic (exact) mass is 625 g/mol. The van der Waals surface area contributed by atoms with Crippen LogP contribution in [0.25, 0.3) is 0 Å². The highest BCUT2D eigenvalue weighted by molar-refractivity contribution is 8.02. The van der Waals surface area contributed by atoms with E-state index in [2.05, 4.69) is 20.9 Å². The van der Waals surface area contributed by atoms with Crippen LogP contribution in [0.1, 0.15) is 32.3 Å². The van der Waals surface area contributed by atoms with Gasteiger partial charge in [0.1, 0.15) is 17.9 Å². The molecule has 0 saturated carbocycles. The van der Waals surface area contributed by atoms with Crippen LogP contribution in [0.15, 0.2) is 83.9 Å². The molecule has 0 spiro atoms. The van der Waals surface area contributed by atoms with Crippen molar-refractivity contribution >= 4 is 51.1 Å². The maximum Gasteiger partial charge on any atom is 0.326 e. The van der Waals surface area contributed by atoms with E-state index in [9.17, 15) is 27.9 Å². The van der Waals surface area contributed by atoms with Crippen molar-refractivity contribution < 1.29 is 27.9 Å². The summed E-state index contributed by atoms with van der Waals surface area (Å²) in [4.78, 5) is 42.2. The van der Waals surface area contributed by atoms with Crippen LogP contribution >= 0.6 is 11.8 Å². The van der Waals surface area contributed by atoms with Crippen LogP contribution in [0.5, 0.6) is 0 Å². The first kappa shape index (κ1) is 32.0. The summed E-state index contributed by atoms with van der Waals surface area (Å²) in [7, 11) is -3.99. The van der Waals surface area contributed by atoms with E-state index in [-0.39, 0.29) is 23.1 Å². The third-order valence-corrected chi connectivity index (χ3v) is 10.3. The van der Waals surface area contributed by atoms with E-state index in [0.717, 1.165) is 10.1 Å². The summed E-state index contributed by atoms with van der Waals surface area (Å²) in [5.74, 6) is -1.27. The highest BCUT2D eigenvalue weighted by Crippen LogP contribution is 2.42. The molecule has 11 nitrogen and oxygen atoms in total. The summed E-state index contributed by atoms with van der Waals surface area (Å²) in [5.41, 5.74) is 1.19. The van der Waals surface area contributed by atoms with Gasteiger partial charge in [0.15, 0.2) is 0 Å². The van der Waals surface area contributed by atoms with E-state index in [4.69, 9.17) is 0 Å². The van der Waals surface area contributed by atoms with Crippen molar-refractivity contribution in [2.75, 3.05) is 23.1 Å². The third-order valence-electron chi connectivity index (χ3n) is 6.95. The normalized spacial score (nSPS) is 17.1. The molecule has 4 N–H and O–H groups in total. The molecule has 4 rings (SSSR count). The molecular weight excluding hydrogens is 590 g/mol. The molecule has 1 aliphatic heterocycles. The van der Waals surface area contributed by atoms with Crippen LogP contribution in [0, 0.1) is 0 Å². The lowest BCUT2D eigenvalue weighted by Gasteiger charge is -2.31. The van der Waals surface area contributed by atoms with Gasteiger partial charge in [0.05, 0.1) is 10.8 Å². The average molecular weight is 626 g/mol. The molecule has 0 aliphatic carbocycles. The Morgan fingerprint density at radius 1 is 1.05 bits per heavy atom. The fraction of sp³-hybridized carbons (Fsp3) is 0.333. The third kappa shape index (κ3) is 8.33. The molecule has 1 aromatic heterocycles. The van der Waals surface area contributed by atoms with Crippen molar-refractivity contribution in [3.63, 3.8) is 0 Å². The Hall–Kier alpha value is -3.94. The Labute approximate surface area is 255 Å². The fourth-order valence-electron chi connectivity index (χ4n) is 4.68. The van der Waals surface area contributed by atoms with Gasteiger partial charge < -0.3 is 21.1 Å². The van der Waals surface area contributed by atoms with Gasteiger partial charge in [-0.05, 0) is 62.2 Å². The van der Waals surface area contributed by atoms with Crippen LogP contribution < -0.4 is 16.0 Å². The molecule has 13 heteroatoms. The molecule has 1 fully saturated rings. The molecule has 1 saturated heterocycles. The van der Waals surface area contributed by atoms with Crippen LogP contribution in [0.4, 0.5) is 11.5 Å². The second-order valence-electron chi connectivity index (χ2n) is 10.6. The lowest BCUT2D eigenvalue weighted by molar-refractivity contribution is -0.142. The molecule has 1 aliphatic rings. The first-order valence-corrected chi connectivity index (χ1v) is 16.2. The molecule has 43 heavy (non-hydrogen) atoms. The van der Waals surface area contributed by atoms with Crippen LogP contribution in [-0.4, -0.2) is 69.8 Å². The molecule has 2 aromatic carbocycles. The van der Waals surface area contributed by atoms with E-state index in [1.54, 1.807) is 62.5 Å². The van der Waals surface area contributed by atoms with Gasteiger partial charge in [0.25, 0.3) is 0 Å². The lowest BCUT2D eigenvalue weighted by atomic mass is 10.0. The van der Waals surface area contributed by atoms with Crippen LogP contribution in [0.3, 0.4) is 0 Å². The fourth-order valence-corrected chi connectivity index (χ4v) is 7.87. The number of sulfonamides is 1. The molecule has 0 bridgehead atoms. The Bertz CT molecular complexity index is 1520. The van der Waals surface area contributed by atoms with Crippen molar-refractivity contribution in [3.05, 3.63) is 84.6 Å². The van der Waals surface area contributed by atoms with Gasteiger partial charge in [-0.1, -0.05) is 36.4 Å². The second kappa shape index (κ2) is 14.0. The Morgan fingerprint density at radius 2 is 1.74 bits per heavy atom. The number of hydrogen-bond donors (Lipinski definition) is 4. The van der Waals surface area contributed by atoms with Gasteiger partial charge >= 0.3 is 5.97 Å². The van der Waals surface area contributed by atoms with Gasteiger partial charge in [0.2, 0.25) is 21.8 Å². The number of aliphatic carboxylic acids is 1. The molecule has 2 heterocycles. The van der Waals surface area contributed by atoms with E-state index in [1.807, 2.05) is 18.2 Å². The molecule has 0 unspecified atom stereocenters. The van der Waals surface area contributed by atoms with Crippen molar-refractivity contribution in [3.8, 4) is 0 Å². The number of anilines is 2.